The molecule has 1 fully saturated rings. The molecule has 0 bridgehead atoms. The van der Waals surface area contributed by atoms with Crippen LogP contribution < -0.4 is 5.32 Å². The number of benzene rings is 1. The second kappa shape index (κ2) is 3.74. The van der Waals surface area contributed by atoms with Crippen molar-refractivity contribution in [3.05, 3.63) is 29.3 Å². The average molecular weight is 226 g/mol. The fourth-order valence-electron chi connectivity index (χ4n) is 1.54. The molecule has 0 aliphatic heterocycles. The number of rotatable bonds is 3. The first-order valence-corrected chi connectivity index (χ1v) is 5.16. The average Bonchev–Trinajstić information content (AvgIpc) is 2.98. The maximum absolute atomic E-state index is 11.5. The van der Waals surface area contributed by atoms with Gasteiger partial charge in [-0.1, -0.05) is 17.7 Å². The van der Waals surface area contributed by atoms with Crippen LogP contribution >= 0.6 is 11.6 Å². The van der Waals surface area contributed by atoms with Gasteiger partial charge in [-0.15, -0.1) is 0 Å². The first-order valence-electron chi connectivity index (χ1n) is 4.78. The molecule has 0 spiro atoms. The van der Waals surface area contributed by atoms with Gasteiger partial charge in [-0.05, 0) is 31.0 Å². The highest BCUT2D eigenvalue weighted by Gasteiger charge is 2.51. The molecule has 1 N–H and O–H groups in total. The Morgan fingerprint density at radius 2 is 2.27 bits per heavy atom. The van der Waals surface area contributed by atoms with Gasteiger partial charge in [-0.2, -0.15) is 0 Å². The van der Waals surface area contributed by atoms with Crippen LogP contribution in [0.15, 0.2) is 24.3 Å². The summed E-state index contributed by atoms with van der Waals surface area (Å²) in [7, 11) is 1.40. The first kappa shape index (κ1) is 10.3. The minimum atomic E-state index is -0.514. The Morgan fingerprint density at radius 3 is 2.80 bits per heavy atom. The predicted octanol–water partition coefficient (Wildman–Crippen LogP) is 2.46. The van der Waals surface area contributed by atoms with Crippen molar-refractivity contribution in [3.8, 4) is 0 Å². The van der Waals surface area contributed by atoms with Gasteiger partial charge in [0.05, 0.1) is 7.11 Å². The third kappa shape index (κ3) is 2.07. The van der Waals surface area contributed by atoms with Gasteiger partial charge in [0.15, 0.2) is 0 Å². The zero-order valence-electron chi connectivity index (χ0n) is 8.42. The maximum atomic E-state index is 11.5. The van der Waals surface area contributed by atoms with Crippen LogP contribution in [0.2, 0.25) is 5.02 Å². The van der Waals surface area contributed by atoms with E-state index in [2.05, 4.69) is 5.32 Å². The van der Waals surface area contributed by atoms with Gasteiger partial charge < -0.3 is 10.1 Å². The van der Waals surface area contributed by atoms with Crippen LogP contribution in [0, 0.1) is 0 Å². The van der Waals surface area contributed by atoms with Crippen LogP contribution in [-0.2, 0) is 9.53 Å². The molecule has 0 unspecified atom stereocenters. The summed E-state index contributed by atoms with van der Waals surface area (Å²) in [6.45, 7) is 0. The van der Waals surface area contributed by atoms with Crippen molar-refractivity contribution in [2.75, 3.05) is 12.4 Å². The molecule has 0 heterocycles. The van der Waals surface area contributed by atoms with Gasteiger partial charge in [-0.3, -0.25) is 0 Å². The number of anilines is 1. The molecule has 0 atom stereocenters. The standard InChI is InChI=1S/C11H12ClNO2/c1-15-10(14)11(5-6-11)13-9-4-2-3-8(12)7-9/h2-4,7,13H,5-6H2,1H3. The molecule has 0 radical (unpaired) electrons. The fraction of sp³-hybridized carbons (Fsp3) is 0.364. The number of carbonyl (C=O) groups excluding carboxylic acids is 1. The van der Waals surface area contributed by atoms with Crippen molar-refractivity contribution in [1.29, 1.82) is 0 Å². The first-order chi connectivity index (χ1) is 7.16. The number of methoxy groups -OCH3 is 1. The van der Waals surface area contributed by atoms with E-state index in [0.29, 0.717) is 5.02 Å². The van der Waals surface area contributed by atoms with Gasteiger partial charge in [0.1, 0.15) is 5.54 Å². The smallest absolute Gasteiger partial charge is 0.331 e. The van der Waals surface area contributed by atoms with Gasteiger partial charge in [-0.25, -0.2) is 4.79 Å². The van der Waals surface area contributed by atoms with E-state index >= 15 is 0 Å². The van der Waals surface area contributed by atoms with Crippen molar-refractivity contribution >= 4 is 23.3 Å². The molecule has 2 rings (SSSR count). The zero-order valence-corrected chi connectivity index (χ0v) is 9.17. The topological polar surface area (TPSA) is 38.3 Å². The maximum Gasteiger partial charge on any atom is 0.331 e. The molecule has 0 aromatic heterocycles. The Kier molecular flexibility index (Phi) is 2.57. The van der Waals surface area contributed by atoms with Gasteiger partial charge >= 0.3 is 5.97 Å². The van der Waals surface area contributed by atoms with E-state index in [9.17, 15) is 4.79 Å². The molecule has 0 amide bonds. The summed E-state index contributed by atoms with van der Waals surface area (Å²) in [6, 6.07) is 7.32. The quantitative estimate of drug-likeness (QED) is 0.804. The Hall–Kier alpha value is -1.22. The summed E-state index contributed by atoms with van der Waals surface area (Å²) in [4.78, 5) is 11.5. The molecule has 1 aliphatic rings. The van der Waals surface area contributed by atoms with E-state index in [-0.39, 0.29) is 5.97 Å². The molecule has 80 valence electrons. The molecule has 1 aromatic carbocycles. The number of hydrogen-bond acceptors (Lipinski definition) is 3. The van der Waals surface area contributed by atoms with E-state index in [4.69, 9.17) is 16.3 Å². The van der Waals surface area contributed by atoms with Crippen molar-refractivity contribution in [2.45, 2.75) is 18.4 Å². The van der Waals surface area contributed by atoms with Crippen LogP contribution in [0.25, 0.3) is 0 Å². The lowest BCUT2D eigenvalue weighted by molar-refractivity contribution is -0.142. The van der Waals surface area contributed by atoms with Crippen LogP contribution in [0.1, 0.15) is 12.8 Å². The lowest BCUT2D eigenvalue weighted by Gasteiger charge is -2.16. The minimum Gasteiger partial charge on any atom is -0.467 e. The van der Waals surface area contributed by atoms with E-state index in [1.807, 2.05) is 12.1 Å². The molecule has 15 heavy (non-hydrogen) atoms. The van der Waals surface area contributed by atoms with Crippen molar-refractivity contribution in [1.82, 2.24) is 0 Å². The summed E-state index contributed by atoms with van der Waals surface area (Å²) in [6.07, 6.45) is 1.62. The van der Waals surface area contributed by atoms with Crippen molar-refractivity contribution in [3.63, 3.8) is 0 Å². The monoisotopic (exact) mass is 225 g/mol. The summed E-state index contributed by atoms with van der Waals surface area (Å²) in [5.41, 5.74) is 0.338. The van der Waals surface area contributed by atoms with Crippen LogP contribution in [-0.4, -0.2) is 18.6 Å². The number of nitrogens with one attached hydrogen (secondary N) is 1. The molecule has 4 heteroatoms. The van der Waals surface area contributed by atoms with E-state index in [1.54, 1.807) is 12.1 Å². The molecule has 1 aromatic rings. The number of esters is 1. The molecule has 3 nitrogen and oxygen atoms in total. The van der Waals surface area contributed by atoms with Gasteiger partial charge in [0.2, 0.25) is 0 Å². The largest absolute Gasteiger partial charge is 0.467 e. The number of hydrogen-bond donors (Lipinski definition) is 1. The van der Waals surface area contributed by atoms with Gasteiger partial charge in [0, 0.05) is 10.7 Å². The third-order valence-corrected chi connectivity index (χ3v) is 2.77. The second-order valence-corrected chi connectivity index (χ2v) is 4.15. The van der Waals surface area contributed by atoms with Crippen molar-refractivity contribution in [2.24, 2.45) is 0 Å². The SMILES string of the molecule is COC(=O)C1(Nc2cccc(Cl)c2)CC1. The summed E-state index contributed by atoms with van der Waals surface area (Å²) < 4.78 is 4.75. The highest BCUT2D eigenvalue weighted by atomic mass is 35.5. The molecule has 1 saturated carbocycles. The Morgan fingerprint density at radius 1 is 1.53 bits per heavy atom. The summed E-state index contributed by atoms with van der Waals surface area (Å²) in [5, 5.41) is 3.82. The fourth-order valence-corrected chi connectivity index (χ4v) is 1.73. The highest BCUT2D eigenvalue weighted by molar-refractivity contribution is 6.30. The molecular weight excluding hydrogens is 214 g/mol. The molecular formula is C11H12ClNO2. The zero-order chi connectivity index (χ0) is 10.9. The van der Waals surface area contributed by atoms with Gasteiger partial charge in [0.25, 0.3) is 0 Å². The Balaban J connectivity index is 2.12. The summed E-state index contributed by atoms with van der Waals surface area (Å²) >= 11 is 5.85. The normalized spacial score (nSPS) is 16.9. The number of carbonyl (C=O) groups is 1. The van der Waals surface area contributed by atoms with E-state index in [0.717, 1.165) is 18.5 Å². The third-order valence-electron chi connectivity index (χ3n) is 2.53. The minimum absolute atomic E-state index is 0.206. The van der Waals surface area contributed by atoms with Crippen molar-refractivity contribution < 1.29 is 9.53 Å². The van der Waals surface area contributed by atoms with Crippen LogP contribution in [0.3, 0.4) is 0 Å². The Labute approximate surface area is 93.4 Å². The number of halogens is 1. The predicted molar refractivity (Wildman–Crippen MR) is 59.1 cm³/mol. The lowest BCUT2D eigenvalue weighted by Crippen LogP contribution is -2.32. The lowest BCUT2D eigenvalue weighted by atomic mass is 10.2. The Bertz CT molecular complexity index is 388. The van der Waals surface area contributed by atoms with E-state index in [1.165, 1.54) is 7.11 Å². The second-order valence-electron chi connectivity index (χ2n) is 3.71. The number of ether oxygens (including phenoxy) is 1. The highest BCUT2D eigenvalue weighted by Crippen LogP contribution is 2.40. The summed E-state index contributed by atoms with van der Waals surface area (Å²) in [5.74, 6) is -0.206. The van der Waals surface area contributed by atoms with Crippen LogP contribution in [0.4, 0.5) is 5.69 Å². The molecule has 0 saturated heterocycles. The molecule has 1 aliphatic carbocycles. The van der Waals surface area contributed by atoms with Crippen LogP contribution in [0.5, 0.6) is 0 Å². The van der Waals surface area contributed by atoms with E-state index < -0.39 is 5.54 Å².